The third kappa shape index (κ3) is 6.20. The number of nitrogens with one attached hydrogen (secondary N) is 2. The van der Waals surface area contributed by atoms with Crippen LogP contribution in [0.4, 0.5) is 9.18 Å². The van der Waals surface area contributed by atoms with Crippen molar-refractivity contribution in [2.24, 2.45) is 7.05 Å². The van der Waals surface area contributed by atoms with Crippen LogP contribution in [0.1, 0.15) is 60.6 Å². The van der Waals surface area contributed by atoms with Gasteiger partial charge in [-0.05, 0) is 56.2 Å². The number of carbonyl (C=O) groups excluding carboxylic acids is 3. The van der Waals surface area contributed by atoms with Crippen molar-refractivity contribution in [2.45, 2.75) is 52.7 Å². The second-order valence-corrected chi connectivity index (χ2v) is 11.9. The number of aromatic amines is 1. The Labute approximate surface area is 255 Å². The van der Waals surface area contributed by atoms with E-state index in [9.17, 15) is 18.8 Å². The molecule has 1 aliphatic heterocycles. The molecule has 4 aromatic rings. The average Bonchev–Trinajstić information content (AvgIpc) is 3.29. The maximum Gasteiger partial charge on any atom is 0.413 e. The molecule has 2 N–H and O–H groups in total. The number of hydrogen-bond donors (Lipinski definition) is 2. The Balaban J connectivity index is 1.50. The first-order chi connectivity index (χ1) is 20.8. The maximum atomic E-state index is 14.4. The van der Waals surface area contributed by atoms with Gasteiger partial charge in [0.15, 0.2) is 6.20 Å². The van der Waals surface area contributed by atoms with Crippen LogP contribution >= 0.6 is 0 Å². The maximum absolute atomic E-state index is 14.4. The molecule has 0 atom stereocenters. The molecule has 5 rings (SSSR count). The number of halogens is 1. The number of rotatable bonds is 6. The highest BCUT2D eigenvalue weighted by molar-refractivity contribution is 6.18. The van der Waals surface area contributed by atoms with E-state index in [1.54, 1.807) is 45.0 Å². The van der Waals surface area contributed by atoms with E-state index in [-0.39, 0.29) is 17.7 Å². The number of aryl methyl sites for hydroxylation is 2. The van der Waals surface area contributed by atoms with Gasteiger partial charge in [-0.2, -0.15) is 0 Å². The Bertz CT molecular complexity index is 1810. The lowest BCUT2D eigenvalue weighted by atomic mass is 9.81. The molecule has 0 saturated carbocycles. The number of H-pyrrole nitrogens is 1. The molecule has 0 bridgehead atoms. The highest BCUT2D eigenvalue weighted by Crippen LogP contribution is 2.41. The number of hydrogen-bond acceptors (Lipinski definition) is 5. The summed E-state index contributed by atoms with van der Waals surface area (Å²) in [7, 11) is 1.89. The zero-order valence-electron chi connectivity index (χ0n) is 25.7. The molecule has 9 nitrogen and oxygen atoms in total. The molecule has 2 amide bonds. The number of ether oxygens (including phenoxy) is 2. The summed E-state index contributed by atoms with van der Waals surface area (Å²) in [4.78, 5) is 44.5. The summed E-state index contributed by atoms with van der Waals surface area (Å²) >= 11 is 0. The standard InChI is InChI=1S/C34H35FN4O5/c1-20(2)43-32(41)26-18-39(31(40)22-11-10-21(3)27(35)15-22)19-34(4,5)29-25-13-12-24(16-28(25)37-30(26)29)44-33(42)36-17-23-9-7-8-14-38(23)6/h7-16,18,20,37H,17,19H2,1-6H3/p+1. The molecule has 44 heavy (non-hydrogen) atoms. The minimum absolute atomic E-state index is 0.160. The van der Waals surface area contributed by atoms with Crippen LogP contribution in [-0.2, 0) is 28.5 Å². The number of aromatic nitrogens is 2. The topological polar surface area (TPSA) is 105 Å². The summed E-state index contributed by atoms with van der Waals surface area (Å²) in [6, 6.07) is 15.3. The molecule has 2 aromatic carbocycles. The van der Waals surface area contributed by atoms with Crippen LogP contribution in [0, 0.1) is 12.7 Å². The first-order valence-electron chi connectivity index (χ1n) is 14.4. The van der Waals surface area contributed by atoms with Crippen LogP contribution in [0.5, 0.6) is 5.75 Å². The molecule has 2 aromatic heterocycles. The van der Waals surface area contributed by atoms with Gasteiger partial charge >= 0.3 is 12.1 Å². The number of amides is 2. The van der Waals surface area contributed by atoms with Crippen molar-refractivity contribution < 1.29 is 32.8 Å². The largest absolute Gasteiger partial charge is 0.459 e. The predicted molar refractivity (Wildman–Crippen MR) is 163 cm³/mol. The molecule has 0 radical (unpaired) electrons. The second-order valence-electron chi connectivity index (χ2n) is 11.9. The lowest BCUT2D eigenvalue weighted by Crippen LogP contribution is -2.37. The molecular formula is C34H36FN4O5+. The van der Waals surface area contributed by atoms with Gasteiger partial charge in [0.1, 0.15) is 25.2 Å². The van der Waals surface area contributed by atoms with E-state index < -0.39 is 35.3 Å². The van der Waals surface area contributed by atoms with E-state index in [4.69, 9.17) is 9.47 Å². The van der Waals surface area contributed by atoms with Gasteiger partial charge in [0.2, 0.25) is 5.69 Å². The third-order valence-corrected chi connectivity index (χ3v) is 7.60. The molecule has 1 aliphatic rings. The van der Waals surface area contributed by atoms with Gasteiger partial charge in [-0.15, -0.1) is 0 Å². The van der Waals surface area contributed by atoms with Crippen molar-refractivity contribution in [3.63, 3.8) is 0 Å². The number of esters is 1. The quantitative estimate of drug-likeness (QED) is 0.227. The fourth-order valence-corrected chi connectivity index (χ4v) is 5.42. The molecule has 0 spiro atoms. The lowest BCUT2D eigenvalue weighted by molar-refractivity contribution is -0.679. The van der Waals surface area contributed by atoms with E-state index in [0.717, 1.165) is 16.6 Å². The van der Waals surface area contributed by atoms with Gasteiger partial charge < -0.3 is 24.7 Å². The van der Waals surface area contributed by atoms with Crippen molar-refractivity contribution in [1.82, 2.24) is 15.2 Å². The fraction of sp³-hybridized carbons (Fsp3) is 0.294. The second kappa shape index (κ2) is 11.9. The van der Waals surface area contributed by atoms with Crippen molar-refractivity contribution in [2.75, 3.05) is 6.54 Å². The molecule has 0 fully saturated rings. The van der Waals surface area contributed by atoms with E-state index in [0.29, 0.717) is 29.1 Å². The van der Waals surface area contributed by atoms with E-state index in [1.807, 2.05) is 55.9 Å². The van der Waals surface area contributed by atoms with Gasteiger partial charge in [-0.1, -0.05) is 26.0 Å². The monoisotopic (exact) mass is 599 g/mol. The summed E-state index contributed by atoms with van der Waals surface area (Å²) in [6.45, 7) is 9.56. The highest BCUT2D eigenvalue weighted by atomic mass is 19.1. The number of benzene rings is 2. The molecule has 0 saturated heterocycles. The lowest BCUT2D eigenvalue weighted by Gasteiger charge is -2.29. The summed E-state index contributed by atoms with van der Waals surface area (Å²) in [5.41, 5.74) is 2.96. The number of nitrogens with zero attached hydrogens (tertiary/aromatic N) is 2. The van der Waals surface area contributed by atoms with Crippen LogP contribution in [0.3, 0.4) is 0 Å². The van der Waals surface area contributed by atoms with Crippen LogP contribution in [0.2, 0.25) is 0 Å². The smallest absolute Gasteiger partial charge is 0.413 e. The van der Waals surface area contributed by atoms with Gasteiger partial charge in [0.25, 0.3) is 5.91 Å². The van der Waals surface area contributed by atoms with Crippen LogP contribution in [-0.4, -0.2) is 40.5 Å². The zero-order valence-corrected chi connectivity index (χ0v) is 25.7. The minimum Gasteiger partial charge on any atom is -0.459 e. The molecule has 228 valence electrons. The molecule has 0 unspecified atom stereocenters. The Hall–Kier alpha value is -4.99. The molecule has 10 heteroatoms. The van der Waals surface area contributed by atoms with Gasteiger partial charge in [0.05, 0.1) is 17.4 Å². The van der Waals surface area contributed by atoms with Crippen molar-refractivity contribution in [3.8, 4) is 5.75 Å². The Morgan fingerprint density at radius 2 is 1.89 bits per heavy atom. The predicted octanol–water partition coefficient (Wildman–Crippen LogP) is 5.45. The molecular weight excluding hydrogens is 563 g/mol. The van der Waals surface area contributed by atoms with Crippen molar-refractivity contribution >= 4 is 34.4 Å². The van der Waals surface area contributed by atoms with E-state index in [1.165, 1.54) is 17.2 Å². The SMILES string of the molecule is Cc1ccc(C(=O)N2C=C(C(=O)OC(C)C)c3[nH]c4cc(OC(=O)NCc5cccc[n+]5C)ccc4c3C(C)(C)C2)cc1F. The average molecular weight is 600 g/mol. The summed E-state index contributed by atoms with van der Waals surface area (Å²) in [5, 5.41) is 3.56. The third-order valence-electron chi connectivity index (χ3n) is 7.60. The highest BCUT2D eigenvalue weighted by Gasteiger charge is 2.38. The summed E-state index contributed by atoms with van der Waals surface area (Å²) in [5.74, 6) is -1.21. The fourth-order valence-electron chi connectivity index (χ4n) is 5.42. The zero-order chi connectivity index (χ0) is 31.8. The first kappa shape index (κ1) is 30.5. The molecule has 3 heterocycles. The van der Waals surface area contributed by atoms with Gasteiger partial charge in [0, 0.05) is 52.8 Å². The van der Waals surface area contributed by atoms with Gasteiger partial charge in [-0.3, -0.25) is 4.79 Å². The van der Waals surface area contributed by atoms with Crippen molar-refractivity contribution in [3.05, 3.63) is 101 Å². The summed E-state index contributed by atoms with van der Waals surface area (Å²) < 4.78 is 27.4. The van der Waals surface area contributed by atoms with Gasteiger partial charge in [-0.25, -0.2) is 18.5 Å². The Kier molecular flexibility index (Phi) is 8.27. The van der Waals surface area contributed by atoms with Crippen LogP contribution in [0.25, 0.3) is 16.5 Å². The Morgan fingerprint density at radius 3 is 2.59 bits per heavy atom. The normalized spacial score (nSPS) is 14.1. The van der Waals surface area contributed by atoms with E-state index in [2.05, 4.69) is 10.3 Å². The Morgan fingerprint density at radius 1 is 1.11 bits per heavy atom. The first-order valence-corrected chi connectivity index (χ1v) is 14.4. The number of fused-ring (bicyclic) bond motifs is 3. The van der Waals surface area contributed by atoms with E-state index >= 15 is 0 Å². The van der Waals surface area contributed by atoms with Crippen molar-refractivity contribution in [1.29, 1.82) is 0 Å². The minimum atomic E-state index is -0.659. The molecule has 0 aliphatic carbocycles. The number of pyridine rings is 1. The van der Waals surface area contributed by atoms with Crippen LogP contribution in [0.15, 0.2) is 67.0 Å². The van der Waals surface area contributed by atoms with Crippen LogP contribution < -0.4 is 14.6 Å². The summed E-state index contributed by atoms with van der Waals surface area (Å²) in [6.07, 6.45) is 2.36. The number of carbonyl (C=O) groups is 3.